The zero-order valence-electron chi connectivity index (χ0n) is 12.1. The Bertz CT molecular complexity index is 608. The van der Waals surface area contributed by atoms with E-state index in [4.69, 9.17) is 5.73 Å². The molecule has 21 heavy (non-hydrogen) atoms. The standard InChI is InChI=1S/C17H20N2O2/c1-19(12-15-4-2-3-5-16(15)20)17(21)14-8-6-13(7-9-14)10-11-18/h2-9,20H,10-12,18H2,1H3. The lowest BCUT2D eigenvalue weighted by molar-refractivity contribution is 0.0784. The first-order valence-electron chi connectivity index (χ1n) is 6.93. The molecule has 3 N–H and O–H groups in total. The summed E-state index contributed by atoms with van der Waals surface area (Å²) in [6.45, 7) is 0.969. The van der Waals surface area contributed by atoms with Gasteiger partial charge in [0.05, 0.1) is 0 Å². The molecule has 0 aliphatic rings. The summed E-state index contributed by atoms with van der Waals surface area (Å²) in [4.78, 5) is 13.9. The number of hydrogen-bond donors (Lipinski definition) is 2. The molecule has 1 amide bonds. The van der Waals surface area contributed by atoms with Crippen LogP contribution in [0, 0.1) is 0 Å². The molecule has 0 saturated carbocycles. The van der Waals surface area contributed by atoms with Gasteiger partial charge in [-0.05, 0) is 36.7 Å². The van der Waals surface area contributed by atoms with Gasteiger partial charge in [-0.1, -0.05) is 30.3 Å². The molecule has 2 rings (SSSR count). The summed E-state index contributed by atoms with van der Waals surface area (Å²) in [5, 5.41) is 9.76. The molecule has 0 heterocycles. The number of amides is 1. The molecule has 4 nitrogen and oxygen atoms in total. The van der Waals surface area contributed by atoms with Crippen LogP contribution in [-0.4, -0.2) is 29.5 Å². The molecule has 0 saturated heterocycles. The van der Waals surface area contributed by atoms with Crippen molar-refractivity contribution in [3.63, 3.8) is 0 Å². The van der Waals surface area contributed by atoms with Crippen LogP contribution in [0.25, 0.3) is 0 Å². The second-order valence-electron chi connectivity index (χ2n) is 5.03. The van der Waals surface area contributed by atoms with Crippen molar-refractivity contribution in [1.82, 2.24) is 4.90 Å². The number of nitrogens with two attached hydrogens (primary N) is 1. The van der Waals surface area contributed by atoms with E-state index in [1.54, 1.807) is 24.1 Å². The summed E-state index contributed by atoms with van der Waals surface area (Å²) in [5.74, 6) is 0.132. The maximum Gasteiger partial charge on any atom is 0.253 e. The van der Waals surface area contributed by atoms with Crippen LogP contribution in [0.2, 0.25) is 0 Å². The molecular formula is C17H20N2O2. The van der Waals surface area contributed by atoms with Crippen molar-refractivity contribution in [2.45, 2.75) is 13.0 Å². The lowest BCUT2D eigenvalue weighted by atomic mass is 10.1. The lowest BCUT2D eigenvalue weighted by Crippen LogP contribution is -2.26. The van der Waals surface area contributed by atoms with Gasteiger partial charge in [0.15, 0.2) is 0 Å². The topological polar surface area (TPSA) is 66.6 Å². The molecule has 0 fully saturated rings. The van der Waals surface area contributed by atoms with Gasteiger partial charge in [-0.25, -0.2) is 0 Å². The van der Waals surface area contributed by atoms with Gasteiger partial charge in [0.25, 0.3) is 5.91 Å². The molecule has 0 bridgehead atoms. The monoisotopic (exact) mass is 284 g/mol. The van der Waals surface area contributed by atoms with Gasteiger partial charge < -0.3 is 15.7 Å². The molecule has 0 unspecified atom stereocenters. The van der Waals surface area contributed by atoms with Crippen LogP contribution in [0.1, 0.15) is 21.5 Å². The van der Waals surface area contributed by atoms with Gasteiger partial charge in [0.1, 0.15) is 5.75 Å². The van der Waals surface area contributed by atoms with E-state index in [0.717, 1.165) is 17.5 Å². The second-order valence-corrected chi connectivity index (χ2v) is 5.03. The fourth-order valence-electron chi connectivity index (χ4n) is 2.17. The molecule has 0 aromatic heterocycles. The average molecular weight is 284 g/mol. The third-order valence-corrected chi connectivity index (χ3v) is 3.38. The predicted molar refractivity (Wildman–Crippen MR) is 83.1 cm³/mol. The smallest absolute Gasteiger partial charge is 0.253 e. The lowest BCUT2D eigenvalue weighted by Gasteiger charge is -2.18. The van der Waals surface area contributed by atoms with Crippen LogP contribution >= 0.6 is 0 Å². The third-order valence-electron chi connectivity index (χ3n) is 3.38. The molecule has 0 aliphatic carbocycles. The van der Waals surface area contributed by atoms with E-state index in [1.807, 2.05) is 36.4 Å². The Labute approximate surface area is 124 Å². The second kappa shape index (κ2) is 6.90. The van der Waals surface area contributed by atoms with E-state index in [9.17, 15) is 9.90 Å². The summed E-state index contributed by atoms with van der Waals surface area (Å²) < 4.78 is 0. The van der Waals surface area contributed by atoms with Crippen LogP contribution in [0.15, 0.2) is 48.5 Å². The van der Waals surface area contributed by atoms with E-state index in [0.29, 0.717) is 18.7 Å². The van der Waals surface area contributed by atoms with E-state index in [-0.39, 0.29) is 11.7 Å². The molecule has 2 aromatic carbocycles. The van der Waals surface area contributed by atoms with Crippen molar-refractivity contribution in [2.24, 2.45) is 5.73 Å². The minimum absolute atomic E-state index is 0.0717. The van der Waals surface area contributed by atoms with Crippen molar-refractivity contribution < 1.29 is 9.90 Å². The maximum absolute atomic E-state index is 12.3. The Morgan fingerprint density at radius 1 is 1.14 bits per heavy atom. The Kier molecular flexibility index (Phi) is 4.95. The largest absolute Gasteiger partial charge is 0.508 e. The first kappa shape index (κ1) is 15.1. The first-order valence-corrected chi connectivity index (χ1v) is 6.93. The average Bonchev–Trinajstić information content (AvgIpc) is 2.50. The number of rotatable bonds is 5. The number of phenols is 1. The number of carbonyl (C=O) groups excluding carboxylic acids is 1. The van der Waals surface area contributed by atoms with Crippen molar-refractivity contribution in [3.05, 3.63) is 65.2 Å². The fraction of sp³-hybridized carbons (Fsp3) is 0.235. The minimum atomic E-state index is -0.0717. The highest BCUT2D eigenvalue weighted by atomic mass is 16.3. The normalized spacial score (nSPS) is 10.4. The molecule has 0 aliphatic heterocycles. The number of carbonyl (C=O) groups is 1. The summed E-state index contributed by atoms with van der Waals surface area (Å²) in [6.07, 6.45) is 0.808. The molecular weight excluding hydrogens is 264 g/mol. The fourth-order valence-corrected chi connectivity index (χ4v) is 2.17. The highest BCUT2D eigenvalue weighted by molar-refractivity contribution is 5.94. The molecule has 0 spiro atoms. The molecule has 2 aromatic rings. The summed E-state index contributed by atoms with van der Waals surface area (Å²) in [7, 11) is 1.72. The van der Waals surface area contributed by atoms with Crippen molar-refractivity contribution in [3.8, 4) is 5.75 Å². The molecule has 0 radical (unpaired) electrons. The van der Waals surface area contributed by atoms with Gasteiger partial charge in [-0.15, -0.1) is 0 Å². The summed E-state index contributed by atoms with van der Waals surface area (Å²) >= 11 is 0. The van der Waals surface area contributed by atoms with Crippen LogP contribution in [0.4, 0.5) is 0 Å². The van der Waals surface area contributed by atoms with Crippen LogP contribution in [0.3, 0.4) is 0 Å². The third kappa shape index (κ3) is 3.83. The van der Waals surface area contributed by atoms with Gasteiger partial charge >= 0.3 is 0 Å². The van der Waals surface area contributed by atoms with Crippen LogP contribution < -0.4 is 5.73 Å². The van der Waals surface area contributed by atoms with E-state index < -0.39 is 0 Å². The van der Waals surface area contributed by atoms with Gasteiger partial charge in [-0.3, -0.25) is 4.79 Å². The Hall–Kier alpha value is -2.33. The Balaban J connectivity index is 2.07. The van der Waals surface area contributed by atoms with E-state index >= 15 is 0 Å². The highest BCUT2D eigenvalue weighted by Crippen LogP contribution is 2.18. The molecule has 4 heteroatoms. The highest BCUT2D eigenvalue weighted by Gasteiger charge is 2.13. The van der Waals surface area contributed by atoms with Crippen LogP contribution in [-0.2, 0) is 13.0 Å². The minimum Gasteiger partial charge on any atom is -0.508 e. The molecule has 0 atom stereocenters. The molecule has 110 valence electrons. The SMILES string of the molecule is CN(Cc1ccccc1O)C(=O)c1ccc(CCN)cc1. The van der Waals surface area contributed by atoms with Crippen molar-refractivity contribution in [2.75, 3.05) is 13.6 Å². The van der Waals surface area contributed by atoms with Crippen LogP contribution in [0.5, 0.6) is 5.75 Å². The van der Waals surface area contributed by atoms with Gasteiger partial charge in [0, 0.05) is 24.7 Å². The number of nitrogens with zero attached hydrogens (tertiary/aromatic N) is 1. The number of benzene rings is 2. The quantitative estimate of drug-likeness (QED) is 0.884. The number of para-hydroxylation sites is 1. The van der Waals surface area contributed by atoms with E-state index in [1.165, 1.54) is 0 Å². The maximum atomic E-state index is 12.3. The van der Waals surface area contributed by atoms with Crippen molar-refractivity contribution in [1.29, 1.82) is 0 Å². The first-order chi connectivity index (χ1) is 10.1. The van der Waals surface area contributed by atoms with Crippen molar-refractivity contribution >= 4 is 5.91 Å². The van der Waals surface area contributed by atoms with Gasteiger partial charge in [-0.2, -0.15) is 0 Å². The van der Waals surface area contributed by atoms with E-state index in [2.05, 4.69) is 0 Å². The Morgan fingerprint density at radius 3 is 2.43 bits per heavy atom. The number of hydrogen-bond acceptors (Lipinski definition) is 3. The zero-order chi connectivity index (χ0) is 15.2. The predicted octanol–water partition coefficient (Wildman–Crippen LogP) is 2.17. The number of aromatic hydroxyl groups is 1. The Morgan fingerprint density at radius 2 is 1.81 bits per heavy atom. The van der Waals surface area contributed by atoms with Gasteiger partial charge in [0.2, 0.25) is 0 Å². The zero-order valence-corrected chi connectivity index (χ0v) is 12.1. The number of phenolic OH excluding ortho intramolecular Hbond substituents is 1. The summed E-state index contributed by atoms with van der Waals surface area (Å²) in [5.41, 5.74) is 7.99. The summed E-state index contributed by atoms with van der Waals surface area (Å²) in [6, 6.07) is 14.5.